The van der Waals surface area contributed by atoms with Crippen LogP contribution < -0.4 is 5.46 Å². The largest absolute Gasteiger partial charge is 0.494 e. The van der Waals surface area contributed by atoms with Crippen LogP contribution in [0, 0.1) is 0 Å². The number of hydrogen-bond donors (Lipinski definition) is 1. The van der Waals surface area contributed by atoms with Gasteiger partial charge in [0.25, 0.3) is 0 Å². The van der Waals surface area contributed by atoms with Crippen molar-refractivity contribution in [2.75, 3.05) is 0 Å². The molecule has 1 N–H and O–H groups in total. The highest BCUT2D eigenvalue weighted by atomic mass is 16.7. The normalized spacial score (nSPS) is 27.2. The van der Waals surface area contributed by atoms with Gasteiger partial charge in [0.2, 0.25) is 0 Å². The Hall–Kier alpha value is -1.63. The zero-order valence-corrected chi connectivity index (χ0v) is 16.0. The van der Waals surface area contributed by atoms with Crippen LogP contribution in [0.2, 0.25) is 0 Å². The summed E-state index contributed by atoms with van der Waals surface area (Å²) in [4.78, 5) is 0. The molecule has 4 rings (SSSR count). The molecule has 1 aliphatic heterocycles. The van der Waals surface area contributed by atoms with Gasteiger partial charge in [0.05, 0.1) is 29.5 Å². The molecule has 0 spiro atoms. The van der Waals surface area contributed by atoms with Gasteiger partial charge in [0, 0.05) is 11.8 Å². The quantitative estimate of drug-likeness (QED) is 0.862. The molecule has 1 saturated carbocycles. The minimum atomic E-state index is -0.342. The van der Waals surface area contributed by atoms with Crippen LogP contribution in [-0.4, -0.2) is 39.3 Å². The van der Waals surface area contributed by atoms with E-state index in [9.17, 15) is 5.11 Å². The summed E-state index contributed by atoms with van der Waals surface area (Å²) in [6, 6.07) is 8.37. The lowest BCUT2D eigenvalue weighted by Crippen LogP contribution is -2.41. The topological polar surface area (TPSA) is 56.5 Å². The van der Waals surface area contributed by atoms with E-state index in [1.807, 2.05) is 17.1 Å². The van der Waals surface area contributed by atoms with Gasteiger partial charge in [-0.3, -0.25) is 4.68 Å². The third kappa shape index (κ3) is 3.00. The predicted octanol–water partition coefficient (Wildman–Crippen LogP) is 2.94. The molecule has 0 bridgehead atoms. The maximum Gasteiger partial charge on any atom is 0.494 e. The van der Waals surface area contributed by atoms with Gasteiger partial charge < -0.3 is 14.4 Å². The van der Waals surface area contributed by atoms with E-state index in [-0.39, 0.29) is 30.5 Å². The van der Waals surface area contributed by atoms with E-state index < -0.39 is 0 Å². The van der Waals surface area contributed by atoms with Crippen LogP contribution in [0.5, 0.6) is 0 Å². The Morgan fingerprint density at radius 2 is 1.69 bits per heavy atom. The molecule has 0 amide bonds. The monoisotopic (exact) mass is 354 g/mol. The highest BCUT2D eigenvalue weighted by Gasteiger charge is 2.51. The zero-order valence-electron chi connectivity index (χ0n) is 16.0. The molecule has 2 fully saturated rings. The fourth-order valence-corrected chi connectivity index (χ4v) is 3.71. The molecule has 1 unspecified atom stereocenters. The number of aliphatic hydroxyl groups excluding tert-OH is 1. The Balaban J connectivity index is 1.51. The van der Waals surface area contributed by atoms with E-state index in [1.165, 1.54) is 0 Å². The Morgan fingerprint density at radius 1 is 1.04 bits per heavy atom. The molecule has 5 nitrogen and oxygen atoms in total. The smallest absolute Gasteiger partial charge is 0.399 e. The lowest BCUT2D eigenvalue weighted by Gasteiger charge is -2.32. The molecule has 2 aromatic rings. The second kappa shape index (κ2) is 6.22. The molecule has 2 atom stereocenters. The van der Waals surface area contributed by atoms with Gasteiger partial charge in [-0.25, -0.2) is 0 Å². The molecule has 1 saturated heterocycles. The maximum atomic E-state index is 10.1. The van der Waals surface area contributed by atoms with E-state index in [0.717, 1.165) is 35.9 Å². The van der Waals surface area contributed by atoms with Gasteiger partial charge in [-0.2, -0.15) is 5.10 Å². The molecule has 1 aromatic carbocycles. The molecular weight excluding hydrogens is 327 g/mol. The molecule has 6 heteroatoms. The van der Waals surface area contributed by atoms with Crippen LogP contribution in [0.1, 0.15) is 53.0 Å². The summed E-state index contributed by atoms with van der Waals surface area (Å²) in [5, 5.41) is 14.5. The van der Waals surface area contributed by atoms with Crippen molar-refractivity contribution in [3.05, 3.63) is 36.7 Å². The molecular formula is C20H27BN2O3. The van der Waals surface area contributed by atoms with Crippen LogP contribution in [0.15, 0.2) is 36.7 Å². The van der Waals surface area contributed by atoms with Gasteiger partial charge in [0.15, 0.2) is 0 Å². The van der Waals surface area contributed by atoms with Crippen LogP contribution in [0.4, 0.5) is 0 Å². The third-order valence-electron chi connectivity index (χ3n) is 6.15. The van der Waals surface area contributed by atoms with Crippen LogP contribution in [-0.2, 0) is 9.31 Å². The Morgan fingerprint density at radius 3 is 2.27 bits per heavy atom. The van der Waals surface area contributed by atoms with Gasteiger partial charge in [0.1, 0.15) is 0 Å². The average Bonchev–Trinajstić information content (AvgIpc) is 3.26. The summed E-state index contributed by atoms with van der Waals surface area (Å²) in [5.41, 5.74) is 2.51. The molecule has 0 radical (unpaired) electrons. The average molecular weight is 354 g/mol. The Labute approximate surface area is 155 Å². The zero-order chi connectivity index (χ0) is 18.5. The maximum absolute atomic E-state index is 10.1. The van der Waals surface area contributed by atoms with Gasteiger partial charge in [-0.05, 0) is 58.0 Å². The highest BCUT2D eigenvalue weighted by Crippen LogP contribution is 2.36. The van der Waals surface area contributed by atoms with E-state index in [2.05, 4.69) is 57.1 Å². The summed E-state index contributed by atoms with van der Waals surface area (Å²) in [7, 11) is -0.342. The summed E-state index contributed by atoms with van der Waals surface area (Å²) >= 11 is 0. The number of hydrogen-bond acceptors (Lipinski definition) is 4. The van der Waals surface area contributed by atoms with E-state index in [0.29, 0.717) is 0 Å². The number of rotatable bonds is 3. The van der Waals surface area contributed by atoms with Crippen molar-refractivity contribution in [2.24, 2.45) is 0 Å². The van der Waals surface area contributed by atoms with Crippen molar-refractivity contribution in [1.82, 2.24) is 9.78 Å². The molecule has 1 aromatic heterocycles. The minimum Gasteiger partial charge on any atom is -0.399 e. The number of nitrogens with zero attached hydrogens (tertiary/aromatic N) is 2. The standard InChI is InChI=1S/C20H27BN2O3/c1-19(2)20(3,4)26-21(25-19)16-10-8-14(9-11-16)15-12-22-23(13-15)17-6-5-7-18(17)24/h8-13,17-18,24H,5-7H2,1-4H3/t17?,18-/m0/s1. The number of aliphatic hydroxyl groups is 1. The third-order valence-corrected chi connectivity index (χ3v) is 6.15. The van der Waals surface area contributed by atoms with Crippen molar-refractivity contribution in [2.45, 2.75) is 70.3 Å². The van der Waals surface area contributed by atoms with Crippen molar-refractivity contribution in [1.29, 1.82) is 0 Å². The first-order chi connectivity index (χ1) is 12.3. The van der Waals surface area contributed by atoms with E-state index in [1.54, 1.807) is 0 Å². The molecule has 138 valence electrons. The summed E-state index contributed by atoms with van der Waals surface area (Å²) in [6.45, 7) is 8.25. The fraction of sp³-hybridized carbons (Fsp3) is 0.550. The van der Waals surface area contributed by atoms with Gasteiger partial charge in [-0.15, -0.1) is 0 Å². The second-order valence-corrected chi connectivity index (χ2v) is 8.48. The van der Waals surface area contributed by atoms with Crippen LogP contribution in [0.3, 0.4) is 0 Å². The SMILES string of the molecule is CC1(C)OB(c2ccc(-c3cnn(C4CCC[C@@H]4O)c3)cc2)OC1(C)C. The first kappa shape index (κ1) is 17.8. The predicted molar refractivity (Wildman–Crippen MR) is 102 cm³/mol. The Bertz CT molecular complexity index is 769. The molecule has 2 aliphatic rings. The van der Waals surface area contributed by atoms with Crippen molar-refractivity contribution in [3.8, 4) is 11.1 Å². The lowest BCUT2D eigenvalue weighted by atomic mass is 9.78. The highest BCUT2D eigenvalue weighted by molar-refractivity contribution is 6.62. The Kier molecular flexibility index (Phi) is 4.25. The van der Waals surface area contributed by atoms with Crippen molar-refractivity contribution < 1.29 is 14.4 Å². The minimum absolute atomic E-state index is 0.104. The summed E-state index contributed by atoms with van der Waals surface area (Å²) < 4.78 is 14.1. The van der Waals surface area contributed by atoms with Gasteiger partial charge in [-0.1, -0.05) is 24.3 Å². The summed E-state index contributed by atoms with van der Waals surface area (Å²) in [6.07, 6.45) is 6.53. The number of aromatic nitrogens is 2. The van der Waals surface area contributed by atoms with Crippen LogP contribution in [0.25, 0.3) is 11.1 Å². The fourth-order valence-electron chi connectivity index (χ4n) is 3.71. The number of benzene rings is 1. The van der Waals surface area contributed by atoms with Crippen molar-refractivity contribution >= 4 is 12.6 Å². The molecule has 1 aliphatic carbocycles. The van der Waals surface area contributed by atoms with Gasteiger partial charge >= 0.3 is 7.12 Å². The van der Waals surface area contributed by atoms with E-state index in [4.69, 9.17) is 9.31 Å². The second-order valence-electron chi connectivity index (χ2n) is 8.48. The van der Waals surface area contributed by atoms with Crippen LogP contribution >= 0.6 is 0 Å². The lowest BCUT2D eigenvalue weighted by molar-refractivity contribution is 0.00578. The summed E-state index contributed by atoms with van der Waals surface area (Å²) in [5.74, 6) is 0. The first-order valence-electron chi connectivity index (χ1n) is 9.45. The van der Waals surface area contributed by atoms with E-state index >= 15 is 0 Å². The molecule has 26 heavy (non-hydrogen) atoms. The molecule has 2 heterocycles. The first-order valence-corrected chi connectivity index (χ1v) is 9.45. The van der Waals surface area contributed by atoms with Crippen molar-refractivity contribution in [3.63, 3.8) is 0 Å².